The number of fused-ring (bicyclic) bond motifs is 2. The number of H-pyrrole nitrogens is 1. The molecule has 0 aliphatic carbocycles. The molecule has 1 atom stereocenters. The van der Waals surface area contributed by atoms with Gasteiger partial charge >= 0.3 is 6.18 Å². The van der Waals surface area contributed by atoms with Gasteiger partial charge in [0.15, 0.2) is 11.2 Å². The molecule has 4 heterocycles. The van der Waals surface area contributed by atoms with Crippen LogP contribution in [0.4, 0.5) is 17.6 Å². The van der Waals surface area contributed by atoms with Crippen LogP contribution in [0.15, 0.2) is 42.7 Å². The molecule has 0 spiro atoms. The Labute approximate surface area is 167 Å². The van der Waals surface area contributed by atoms with Gasteiger partial charge in [-0.15, -0.1) is 0 Å². The molecule has 0 saturated carbocycles. The van der Waals surface area contributed by atoms with E-state index in [0.717, 1.165) is 6.92 Å². The van der Waals surface area contributed by atoms with E-state index >= 15 is 0 Å². The normalized spacial score (nSPS) is 19.2. The predicted octanol–water partition coefficient (Wildman–Crippen LogP) is 4.48. The summed E-state index contributed by atoms with van der Waals surface area (Å²) in [6, 6.07) is 7.41. The Balaban J connectivity index is 1.75. The summed E-state index contributed by atoms with van der Waals surface area (Å²) >= 11 is 0. The average Bonchev–Trinajstić information content (AvgIpc) is 3.31. The molecule has 3 aromatic heterocycles. The molecule has 0 bridgehead atoms. The van der Waals surface area contributed by atoms with Crippen LogP contribution in [0, 0.1) is 5.82 Å². The molecule has 1 N–H and O–H groups in total. The van der Waals surface area contributed by atoms with Gasteiger partial charge in [-0.1, -0.05) is 0 Å². The summed E-state index contributed by atoms with van der Waals surface area (Å²) in [5, 5.41) is 12.0. The van der Waals surface area contributed by atoms with E-state index in [1.165, 1.54) is 16.8 Å². The number of alkyl halides is 3. The molecule has 6 nitrogen and oxygen atoms in total. The van der Waals surface area contributed by atoms with Crippen molar-refractivity contribution in [3.8, 4) is 22.4 Å². The fourth-order valence-electron chi connectivity index (χ4n) is 3.67. The number of halogens is 4. The second-order valence-electron chi connectivity index (χ2n) is 7.34. The average molecular weight is 417 g/mol. The van der Waals surface area contributed by atoms with E-state index in [2.05, 4.69) is 20.3 Å². The van der Waals surface area contributed by atoms with E-state index in [9.17, 15) is 17.6 Å². The first-order valence-electron chi connectivity index (χ1n) is 9.11. The summed E-state index contributed by atoms with van der Waals surface area (Å²) in [7, 11) is 0. The maximum Gasteiger partial charge on any atom is 0.419 e. The fourth-order valence-corrected chi connectivity index (χ4v) is 3.67. The van der Waals surface area contributed by atoms with Crippen molar-refractivity contribution in [3.63, 3.8) is 0 Å². The Bertz CT molecular complexity index is 1240. The lowest BCUT2D eigenvalue weighted by Crippen LogP contribution is -2.51. The molecule has 10 heteroatoms. The maximum atomic E-state index is 13.6. The van der Waals surface area contributed by atoms with Crippen molar-refractivity contribution >= 4 is 11.0 Å². The maximum absolute atomic E-state index is 13.6. The van der Waals surface area contributed by atoms with Crippen LogP contribution in [-0.2, 0) is 17.9 Å². The van der Waals surface area contributed by atoms with Crippen molar-refractivity contribution < 1.29 is 22.3 Å². The molecule has 0 unspecified atom stereocenters. The molecule has 154 valence electrons. The molecule has 0 amide bonds. The van der Waals surface area contributed by atoms with E-state index in [4.69, 9.17) is 4.74 Å². The van der Waals surface area contributed by atoms with Gasteiger partial charge in [-0.3, -0.25) is 9.78 Å². The number of nitrogens with zero attached hydrogens (tertiary/aromatic N) is 4. The highest BCUT2D eigenvalue weighted by molar-refractivity contribution is 5.97. The number of ether oxygens (including phenoxy) is 1. The van der Waals surface area contributed by atoms with Crippen LogP contribution >= 0.6 is 0 Å². The number of hydrogen-bond acceptors (Lipinski definition) is 4. The Morgan fingerprint density at radius 3 is 2.67 bits per heavy atom. The number of aromatic nitrogens is 5. The molecule has 1 aliphatic rings. The van der Waals surface area contributed by atoms with Gasteiger partial charge in [0.05, 0.1) is 25.0 Å². The van der Waals surface area contributed by atoms with E-state index < -0.39 is 24.1 Å². The smallest absolute Gasteiger partial charge is 0.358 e. The highest BCUT2D eigenvalue weighted by atomic mass is 19.4. The minimum atomic E-state index is -4.55. The van der Waals surface area contributed by atoms with Gasteiger partial charge in [0.1, 0.15) is 11.5 Å². The van der Waals surface area contributed by atoms with Gasteiger partial charge < -0.3 is 4.74 Å². The monoisotopic (exact) mass is 417 g/mol. The van der Waals surface area contributed by atoms with Crippen LogP contribution in [0.25, 0.3) is 33.4 Å². The van der Waals surface area contributed by atoms with Gasteiger partial charge in [0.2, 0.25) is 0 Å². The van der Waals surface area contributed by atoms with Gasteiger partial charge in [0.25, 0.3) is 0 Å². The van der Waals surface area contributed by atoms with Gasteiger partial charge in [-0.25, -0.2) is 9.37 Å². The second kappa shape index (κ2) is 6.36. The Morgan fingerprint density at radius 1 is 1.17 bits per heavy atom. The molecule has 0 fully saturated rings. The lowest BCUT2D eigenvalue weighted by atomic mass is 9.96. The van der Waals surface area contributed by atoms with Crippen molar-refractivity contribution in [3.05, 3.63) is 54.2 Å². The van der Waals surface area contributed by atoms with E-state index in [0.29, 0.717) is 39.1 Å². The number of pyridine rings is 1. The lowest BCUT2D eigenvalue weighted by molar-refractivity contribution is -0.287. The number of rotatable bonds is 2. The van der Waals surface area contributed by atoms with Crippen molar-refractivity contribution in [1.29, 1.82) is 0 Å². The summed E-state index contributed by atoms with van der Waals surface area (Å²) in [4.78, 5) is 4.22. The van der Waals surface area contributed by atoms with Crippen molar-refractivity contribution in [2.75, 3.05) is 0 Å². The van der Waals surface area contributed by atoms with Crippen LogP contribution in [0.2, 0.25) is 0 Å². The number of hydrogen-bond donors (Lipinski definition) is 1. The number of benzene rings is 1. The third kappa shape index (κ3) is 2.78. The quantitative estimate of drug-likeness (QED) is 0.489. The van der Waals surface area contributed by atoms with Crippen LogP contribution in [-0.4, -0.2) is 36.7 Å². The molecule has 5 rings (SSSR count). The second-order valence-corrected chi connectivity index (χ2v) is 7.34. The summed E-state index contributed by atoms with van der Waals surface area (Å²) in [5.41, 5.74) is 1.02. The van der Waals surface area contributed by atoms with Gasteiger partial charge in [-0.05, 0) is 42.8 Å². The Morgan fingerprint density at radius 2 is 1.93 bits per heavy atom. The predicted molar refractivity (Wildman–Crippen MR) is 99.8 cm³/mol. The molecule has 4 aromatic rings. The molecule has 0 saturated heterocycles. The highest BCUT2D eigenvalue weighted by Gasteiger charge is 2.55. The molecular weight excluding hydrogens is 402 g/mol. The van der Waals surface area contributed by atoms with Crippen LogP contribution in [0.5, 0.6) is 0 Å². The van der Waals surface area contributed by atoms with Crippen molar-refractivity contribution in [1.82, 2.24) is 25.0 Å². The summed E-state index contributed by atoms with van der Waals surface area (Å²) in [6.45, 7) is 0.246. The largest absolute Gasteiger partial charge is 0.419 e. The first-order chi connectivity index (χ1) is 14.3. The fraction of sp³-hybridized carbons (Fsp3) is 0.250. The van der Waals surface area contributed by atoms with Gasteiger partial charge in [0, 0.05) is 22.7 Å². The standard InChI is InChI=1S/C20H15F4N5O/c1-19(20(22,23)24)10-29-15(9-30-19)16(13-6-7-25-18-14(13)8-26-27-18)17(28-29)11-2-4-12(21)5-3-11/h2-8H,9-10H2,1H3,(H,25,26,27)/t19-/m0/s1. The third-order valence-corrected chi connectivity index (χ3v) is 5.38. The van der Waals surface area contributed by atoms with E-state index in [1.807, 2.05) is 0 Å². The Kier molecular flexibility index (Phi) is 3.97. The summed E-state index contributed by atoms with van der Waals surface area (Å²) < 4.78 is 60.8. The molecule has 0 radical (unpaired) electrons. The first-order valence-corrected chi connectivity index (χ1v) is 9.11. The van der Waals surface area contributed by atoms with Crippen LogP contribution < -0.4 is 0 Å². The number of aromatic amines is 1. The summed E-state index contributed by atoms with van der Waals surface area (Å²) in [6.07, 6.45) is -1.38. The third-order valence-electron chi connectivity index (χ3n) is 5.38. The number of nitrogens with one attached hydrogen (secondary N) is 1. The van der Waals surface area contributed by atoms with Crippen molar-refractivity contribution in [2.24, 2.45) is 0 Å². The molecule has 1 aliphatic heterocycles. The minimum Gasteiger partial charge on any atom is -0.358 e. The zero-order valence-electron chi connectivity index (χ0n) is 15.7. The van der Waals surface area contributed by atoms with E-state index in [1.54, 1.807) is 30.6 Å². The molecule has 30 heavy (non-hydrogen) atoms. The first kappa shape index (κ1) is 18.7. The Hall–Kier alpha value is -3.27. The topological polar surface area (TPSA) is 68.6 Å². The van der Waals surface area contributed by atoms with Crippen LogP contribution in [0.1, 0.15) is 12.6 Å². The van der Waals surface area contributed by atoms with E-state index in [-0.39, 0.29) is 6.61 Å². The zero-order valence-corrected chi connectivity index (χ0v) is 15.7. The minimum absolute atomic E-state index is 0.277. The SMILES string of the molecule is C[C@@]1(C(F)(F)F)Cn2nc(-c3ccc(F)cc3)c(-c3ccnc4[nH]ncc34)c2CO1. The highest BCUT2D eigenvalue weighted by Crippen LogP contribution is 2.44. The zero-order chi connectivity index (χ0) is 21.1. The van der Waals surface area contributed by atoms with Crippen molar-refractivity contribution in [2.45, 2.75) is 31.9 Å². The van der Waals surface area contributed by atoms with Gasteiger partial charge in [-0.2, -0.15) is 23.4 Å². The molecule has 1 aromatic carbocycles. The lowest BCUT2D eigenvalue weighted by Gasteiger charge is -2.36. The summed E-state index contributed by atoms with van der Waals surface area (Å²) in [5.74, 6) is -0.418. The van der Waals surface area contributed by atoms with Crippen LogP contribution in [0.3, 0.4) is 0 Å². The molecular formula is C20H15F4N5O.